The van der Waals surface area contributed by atoms with Crippen molar-refractivity contribution in [1.29, 1.82) is 0 Å². The number of aliphatic imine (C=N–C) groups is 2. The van der Waals surface area contributed by atoms with Crippen LogP contribution in [0.15, 0.2) is 83.2 Å². The average molecular weight is 708 g/mol. The predicted molar refractivity (Wildman–Crippen MR) is 187 cm³/mol. The van der Waals surface area contributed by atoms with Crippen LogP contribution >= 0.6 is 0 Å². The number of rotatable bonds is 8. The van der Waals surface area contributed by atoms with Gasteiger partial charge in [-0.3, -0.25) is 29.6 Å². The quantitative estimate of drug-likeness (QED) is 0.204. The fourth-order valence-corrected chi connectivity index (χ4v) is 6.95. The van der Waals surface area contributed by atoms with Crippen LogP contribution in [0.2, 0.25) is 0 Å². The van der Waals surface area contributed by atoms with E-state index in [-0.39, 0.29) is 36.4 Å². The van der Waals surface area contributed by atoms with Gasteiger partial charge < -0.3 is 10.3 Å². The summed E-state index contributed by atoms with van der Waals surface area (Å²) in [6.45, 7) is 3.22. The fraction of sp³-hybridized carbons (Fsp3) is 0.222. The van der Waals surface area contributed by atoms with E-state index in [2.05, 4.69) is 34.9 Å². The lowest BCUT2D eigenvalue weighted by atomic mass is 9.77. The molecule has 2 aromatic carbocycles. The number of anilines is 1. The largest absolute Gasteiger partial charge is 0.339 e. The molecule has 3 aromatic heterocycles. The molecule has 258 valence electrons. The van der Waals surface area contributed by atoms with Crippen LogP contribution in [0.1, 0.15) is 56.7 Å². The molecule has 6 heterocycles. The van der Waals surface area contributed by atoms with Gasteiger partial charge in [-0.1, -0.05) is 24.3 Å². The number of hydrogen-bond acceptors (Lipinski definition) is 9. The molecule has 0 saturated carbocycles. The summed E-state index contributed by atoms with van der Waals surface area (Å²) in [4.78, 5) is 41.3. The molecule has 1 saturated heterocycles. The number of fused-ring (bicyclic) bond motifs is 3. The maximum Gasteiger partial charge on any atom is 0.255 e. The first kappa shape index (κ1) is 32.7. The molecule has 15 heteroatoms. The van der Waals surface area contributed by atoms with Crippen LogP contribution < -0.4 is 10.0 Å². The predicted octanol–water partition coefficient (Wildman–Crippen LogP) is 4.18. The van der Waals surface area contributed by atoms with Crippen LogP contribution in [-0.4, -0.2) is 76.6 Å². The summed E-state index contributed by atoms with van der Waals surface area (Å²) in [5.74, 6) is -1.14. The number of pyridine rings is 2. The van der Waals surface area contributed by atoms with E-state index >= 15 is 4.39 Å². The van der Waals surface area contributed by atoms with Crippen molar-refractivity contribution >= 4 is 33.5 Å². The minimum Gasteiger partial charge on any atom is -0.339 e. The van der Waals surface area contributed by atoms with Crippen LogP contribution in [0.5, 0.6) is 0 Å². The molecule has 0 bridgehead atoms. The van der Waals surface area contributed by atoms with Gasteiger partial charge in [0.15, 0.2) is 11.6 Å². The molecule has 3 aliphatic rings. The summed E-state index contributed by atoms with van der Waals surface area (Å²) in [7, 11) is -3.50. The molecule has 0 radical (unpaired) electrons. The zero-order valence-corrected chi connectivity index (χ0v) is 28.3. The van der Waals surface area contributed by atoms with Crippen LogP contribution in [0.4, 0.5) is 14.5 Å². The molecule has 3 aliphatic heterocycles. The Balaban J connectivity index is 1.17. The molecular formula is C36H31F2N9O3S. The molecule has 5 aromatic rings. The number of carbonyl (C=O) groups excluding carboxylic acids is 1. The summed E-state index contributed by atoms with van der Waals surface area (Å²) >= 11 is 0. The number of hydrogen-bond donors (Lipinski definition) is 3. The molecule has 1 amide bonds. The van der Waals surface area contributed by atoms with Gasteiger partial charge in [0.2, 0.25) is 10.0 Å². The Morgan fingerprint density at radius 1 is 1.10 bits per heavy atom. The third kappa shape index (κ3) is 6.35. The zero-order valence-electron chi connectivity index (χ0n) is 27.5. The van der Waals surface area contributed by atoms with Crippen molar-refractivity contribution < 1.29 is 22.0 Å². The van der Waals surface area contributed by atoms with Gasteiger partial charge in [-0.05, 0) is 53.9 Å². The Labute approximate surface area is 291 Å². The summed E-state index contributed by atoms with van der Waals surface area (Å²) in [6, 6.07) is 14.8. The van der Waals surface area contributed by atoms with Crippen molar-refractivity contribution in [2.45, 2.75) is 31.6 Å². The minimum absolute atomic E-state index is 0.0352. The number of aromatic nitrogens is 4. The van der Waals surface area contributed by atoms with Gasteiger partial charge in [0.25, 0.3) is 5.91 Å². The summed E-state index contributed by atoms with van der Waals surface area (Å²) in [5.41, 5.74) is 3.72. The zero-order chi connectivity index (χ0) is 35.5. The van der Waals surface area contributed by atoms with Gasteiger partial charge in [0, 0.05) is 54.9 Å². The van der Waals surface area contributed by atoms with Crippen LogP contribution in [0, 0.1) is 11.6 Å². The second-order valence-electron chi connectivity index (χ2n) is 13.1. The van der Waals surface area contributed by atoms with Gasteiger partial charge in [0.1, 0.15) is 29.1 Å². The number of halogens is 2. The first-order valence-electron chi connectivity index (χ1n) is 16.1. The van der Waals surface area contributed by atoms with Crippen molar-refractivity contribution in [3.63, 3.8) is 0 Å². The topological polar surface area (TPSA) is 157 Å². The first-order valence-corrected chi connectivity index (χ1v) is 18.0. The van der Waals surface area contributed by atoms with Crippen LogP contribution in [0.25, 0.3) is 11.3 Å². The average Bonchev–Trinajstić information content (AvgIpc) is 3.72. The normalized spacial score (nSPS) is 20.4. The van der Waals surface area contributed by atoms with Crippen LogP contribution in [0.3, 0.4) is 0 Å². The van der Waals surface area contributed by atoms with E-state index in [1.54, 1.807) is 48.8 Å². The van der Waals surface area contributed by atoms with Crippen molar-refractivity contribution in [3.8, 4) is 11.3 Å². The molecule has 51 heavy (non-hydrogen) atoms. The maximum atomic E-state index is 16.9. The number of H-pyrrole nitrogens is 1. The SMILES string of the molecule is CC1(c2cc(F)cc(CNS(C)(=O)=O)c2)CN=Cc2nc(C3=NC4CN4Cc4cnc(-c5cncc(NC(=O)c6ccccc6)c5)c(F)c43)[nH]c21. The summed E-state index contributed by atoms with van der Waals surface area (Å²) < 4.78 is 57.7. The van der Waals surface area contributed by atoms with Gasteiger partial charge >= 0.3 is 0 Å². The van der Waals surface area contributed by atoms with Crippen LogP contribution in [-0.2, 0) is 28.5 Å². The molecule has 12 nitrogen and oxygen atoms in total. The third-order valence-electron chi connectivity index (χ3n) is 9.24. The Morgan fingerprint density at radius 2 is 1.92 bits per heavy atom. The van der Waals surface area contributed by atoms with Gasteiger partial charge in [-0.2, -0.15) is 0 Å². The van der Waals surface area contributed by atoms with Gasteiger partial charge in [-0.15, -0.1) is 0 Å². The molecular weight excluding hydrogens is 677 g/mol. The number of imidazole rings is 1. The molecule has 0 spiro atoms. The Kier molecular flexibility index (Phi) is 7.92. The molecule has 1 fully saturated rings. The number of amides is 1. The molecule has 0 aliphatic carbocycles. The monoisotopic (exact) mass is 707 g/mol. The second-order valence-corrected chi connectivity index (χ2v) is 14.9. The molecule has 3 atom stereocenters. The number of nitrogens with one attached hydrogen (secondary N) is 3. The van der Waals surface area contributed by atoms with Gasteiger partial charge in [0.05, 0.1) is 35.8 Å². The van der Waals surface area contributed by atoms with E-state index in [0.717, 1.165) is 6.26 Å². The standard InChI is InChI=1S/C36H31F2N9O3S/c1-36(24-8-20(9-25(37)11-24)12-42-51(2,49)50)19-40-16-27-33(36)46-34(44-27)32-29-23(17-47-18-28(47)45-32)14-41-31(30(29)38)22-10-26(15-39-13-22)43-35(48)21-6-4-3-5-7-21/h3-11,13-16,28,42H,12,17-19H2,1-2H3,(H,43,48)(H,44,46). The second kappa shape index (κ2) is 12.4. The molecule has 3 unspecified atom stereocenters. The third-order valence-corrected chi connectivity index (χ3v) is 9.91. The van der Waals surface area contributed by atoms with Crippen molar-refractivity contribution in [3.05, 3.63) is 130 Å². The lowest BCUT2D eigenvalue weighted by Crippen LogP contribution is -2.32. The number of sulfonamides is 1. The number of carbonyl (C=O) groups is 1. The lowest BCUT2D eigenvalue weighted by molar-refractivity contribution is 0.102. The fourth-order valence-electron chi connectivity index (χ4n) is 6.53. The minimum atomic E-state index is -3.50. The summed E-state index contributed by atoms with van der Waals surface area (Å²) in [6.07, 6.45) is 7.10. The highest BCUT2D eigenvalue weighted by Crippen LogP contribution is 2.38. The lowest BCUT2D eigenvalue weighted by Gasteiger charge is -2.30. The highest BCUT2D eigenvalue weighted by atomic mass is 32.2. The van der Waals surface area contributed by atoms with E-state index in [4.69, 9.17) is 9.98 Å². The number of benzene rings is 2. The van der Waals surface area contributed by atoms with Crippen molar-refractivity contribution in [2.24, 2.45) is 9.98 Å². The molecule has 3 N–H and O–H groups in total. The number of nitrogens with zero attached hydrogens (tertiary/aromatic N) is 6. The Morgan fingerprint density at radius 3 is 2.73 bits per heavy atom. The van der Waals surface area contributed by atoms with E-state index in [1.807, 2.05) is 13.0 Å². The summed E-state index contributed by atoms with van der Waals surface area (Å²) in [5, 5.41) is 2.81. The van der Waals surface area contributed by atoms with Crippen molar-refractivity contribution in [1.82, 2.24) is 29.6 Å². The number of aromatic amines is 1. The maximum absolute atomic E-state index is 16.9. The van der Waals surface area contributed by atoms with Crippen molar-refractivity contribution in [2.75, 3.05) is 24.7 Å². The van der Waals surface area contributed by atoms with E-state index < -0.39 is 27.1 Å². The first-order chi connectivity index (χ1) is 24.4. The highest BCUT2D eigenvalue weighted by molar-refractivity contribution is 7.88. The molecule has 8 rings (SSSR count). The smallest absolute Gasteiger partial charge is 0.255 e. The van der Waals surface area contributed by atoms with E-state index in [0.29, 0.717) is 69.5 Å². The highest BCUT2D eigenvalue weighted by Gasteiger charge is 2.41. The van der Waals surface area contributed by atoms with E-state index in [9.17, 15) is 17.6 Å². The van der Waals surface area contributed by atoms with Gasteiger partial charge in [-0.25, -0.2) is 26.9 Å². The Bertz CT molecular complexity index is 2400. The Hall–Kier alpha value is -5.51. The van der Waals surface area contributed by atoms with E-state index in [1.165, 1.54) is 24.5 Å².